The molecule has 6 rings (SSSR count). The number of allylic oxidation sites excluding steroid dienone is 2. The van der Waals surface area contributed by atoms with Crippen molar-refractivity contribution in [3.63, 3.8) is 0 Å². The van der Waals surface area contributed by atoms with Crippen LogP contribution < -0.4 is 10.0 Å². The Balaban J connectivity index is 1.33. The molecule has 1 aliphatic heterocycles. The molecule has 0 saturated carbocycles. The molecule has 0 bridgehead atoms. The molecule has 2 N–H and O–H groups in total. The van der Waals surface area contributed by atoms with Crippen LogP contribution in [0.5, 0.6) is 0 Å². The Morgan fingerprint density at radius 1 is 0.944 bits per heavy atom. The van der Waals surface area contributed by atoms with Crippen LogP contribution in [0.3, 0.4) is 0 Å². The van der Waals surface area contributed by atoms with E-state index in [9.17, 15) is 18.5 Å². The van der Waals surface area contributed by atoms with Crippen molar-refractivity contribution >= 4 is 37.9 Å². The number of anilines is 2. The fourth-order valence-corrected chi connectivity index (χ4v) is 6.51. The number of fused-ring (bicyclic) bond motifs is 4. The molecule has 4 aromatic carbocycles. The van der Waals surface area contributed by atoms with Crippen molar-refractivity contribution in [1.29, 1.82) is 0 Å². The van der Waals surface area contributed by atoms with Gasteiger partial charge in [-0.1, -0.05) is 60.7 Å². The van der Waals surface area contributed by atoms with E-state index in [0.717, 1.165) is 34.0 Å². The summed E-state index contributed by atoms with van der Waals surface area (Å²) in [7, 11) is -3.81. The Morgan fingerprint density at radius 3 is 2.53 bits per heavy atom. The van der Waals surface area contributed by atoms with Crippen LogP contribution in [0.1, 0.15) is 29.5 Å². The lowest BCUT2D eigenvalue weighted by molar-refractivity contribution is -0.384. The second-order valence-electron chi connectivity index (χ2n) is 9.21. The third-order valence-electron chi connectivity index (χ3n) is 7.14. The van der Waals surface area contributed by atoms with E-state index >= 15 is 0 Å². The summed E-state index contributed by atoms with van der Waals surface area (Å²) in [6.45, 7) is 0. The summed E-state index contributed by atoms with van der Waals surface area (Å²) in [5.74, 6) is 0.233. The van der Waals surface area contributed by atoms with E-state index in [1.54, 1.807) is 30.3 Å². The molecule has 0 fully saturated rings. The molecule has 3 atom stereocenters. The average Bonchev–Trinajstić information content (AvgIpc) is 3.38. The highest BCUT2D eigenvalue weighted by Crippen LogP contribution is 2.50. The summed E-state index contributed by atoms with van der Waals surface area (Å²) < 4.78 is 29.6. The van der Waals surface area contributed by atoms with Gasteiger partial charge in [-0.2, -0.15) is 0 Å². The molecule has 0 saturated heterocycles. The normalized spacial score (nSPS) is 20.4. The highest BCUT2D eigenvalue weighted by molar-refractivity contribution is 7.92. The van der Waals surface area contributed by atoms with Crippen molar-refractivity contribution in [2.24, 2.45) is 5.92 Å². The van der Waals surface area contributed by atoms with Crippen molar-refractivity contribution in [2.45, 2.75) is 23.3 Å². The van der Waals surface area contributed by atoms with Crippen molar-refractivity contribution < 1.29 is 13.3 Å². The van der Waals surface area contributed by atoms with Gasteiger partial charge in [0.1, 0.15) is 0 Å². The maximum Gasteiger partial charge on any atom is 0.269 e. The molecule has 0 radical (unpaired) electrons. The van der Waals surface area contributed by atoms with Crippen LogP contribution in [-0.2, 0) is 10.0 Å². The Morgan fingerprint density at radius 2 is 1.72 bits per heavy atom. The summed E-state index contributed by atoms with van der Waals surface area (Å²) in [4.78, 5) is 10.9. The fourth-order valence-electron chi connectivity index (χ4n) is 5.39. The van der Waals surface area contributed by atoms with Gasteiger partial charge in [0, 0.05) is 29.1 Å². The van der Waals surface area contributed by atoms with Crippen LogP contribution in [0.15, 0.2) is 102 Å². The van der Waals surface area contributed by atoms with Gasteiger partial charge < -0.3 is 5.32 Å². The molecule has 0 amide bonds. The molecule has 0 unspecified atom stereocenters. The van der Waals surface area contributed by atoms with Crippen LogP contribution in [0, 0.1) is 16.0 Å². The number of hydrogen-bond acceptors (Lipinski definition) is 5. The van der Waals surface area contributed by atoms with Gasteiger partial charge in [0.05, 0.1) is 21.5 Å². The second kappa shape index (κ2) is 8.49. The molecule has 0 aromatic heterocycles. The number of sulfonamides is 1. The highest BCUT2D eigenvalue weighted by Gasteiger charge is 2.38. The lowest BCUT2D eigenvalue weighted by atomic mass is 9.77. The van der Waals surface area contributed by atoms with Crippen LogP contribution >= 0.6 is 0 Å². The molecular formula is C28H23N3O4S. The number of nitrogens with zero attached hydrogens (tertiary/aromatic N) is 1. The minimum Gasteiger partial charge on any atom is -0.378 e. The van der Waals surface area contributed by atoms with E-state index in [4.69, 9.17) is 0 Å². The first kappa shape index (κ1) is 22.3. The predicted octanol–water partition coefficient (Wildman–Crippen LogP) is 6.38. The van der Waals surface area contributed by atoms with E-state index in [0.29, 0.717) is 5.69 Å². The third kappa shape index (κ3) is 3.79. The van der Waals surface area contributed by atoms with Crippen molar-refractivity contribution in [3.8, 4) is 0 Å². The summed E-state index contributed by atoms with van der Waals surface area (Å²) in [6.07, 6.45) is 5.10. The molecule has 0 spiro atoms. The molecule has 180 valence electrons. The Bertz CT molecular complexity index is 1630. The lowest BCUT2D eigenvalue weighted by Crippen LogP contribution is -2.29. The SMILES string of the molecule is O=[N+]([O-])c1ccc([C@H]2Nc3ccc(S(=O)(=O)Nc4cccc5ccccc45)cc3[C@H]3C=CC[C@H]32)cc1. The molecule has 7 nitrogen and oxygen atoms in total. The molecule has 2 aliphatic rings. The molecular weight excluding hydrogens is 474 g/mol. The van der Waals surface area contributed by atoms with E-state index in [1.807, 2.05) is 42.5 Å². The van der Waals surface area contributed by atoms with Crippen LogP contribution in [0.4, 0.5) is 17.1 Å². The van der Waals surface area contributed by atoms with Crippen LogP contribution in [-0.4, -0.2) is 13.3 Å². The maximum atomic E-state index is 13.4. The van der Waals surface area contributed by atoms with Gasteiger partial charge in [0.25, 0.3) is 15.7 Å². The monoisotopic (exact) mass is 497 g/mol. The first-order valence-electron chi connectivity index (χ1n) is 11.7. The summed E-state index contributed by atoms with van der Waals surface area (Å²) in [6, 6.07) is 25.0. The van der Waals surface area contributed by atoms with Crippen molar-refractivity contribution in [2.75, 3.05) is 10.0 Å². The van der Waals surface area contributed by atoms with Gasteiger partial charge in [-0.15, -0.1) is 0 Å². The third-order valence-corrected chi connectivity index (χ3v) is 8.50. The van der Waals surface area contributed by atoms with Crippen LogP contribution in [0.2, 0.25) is 0 Å². The minimum atomic E-state index is -3.81. The molecule has 1 heterocycles. The molecule has 8 heteroatoms. The number of benzene rings is 4. The largest absolute Gasteiger partial charge is 0.378 e. The number of nitrogens with one attached hydrogen (secondary N) is 2. The Labute approximate surface area is 208 Å². The standard InChI is InChI=1S/C28H23N3O4S/c32-31(33)20-13-11-19(12-14-20)28-24-9-4-8-23(24)25-17-21(15-16-26(25)29-28)36(34,35)30-27-10-3-6-18-5-1-2-7-22(18)27/h1-8,10-17,23-24,28-30H,9H2/t23-,24+,28+/m0/s1. The number of nitro groups is 1. The minimum absolute atomic E-state index is 0.0328. The van der Waals surface area contributed by atoms with Gasteiger partial charge in [0.2, 0.25) is 0 Å². The zero-order valence-electron chi connectivity index (χ0n) is 19.2. The van der Waals surface area contributed by atoms with Gasteiger partial charge in [-0.05, 0) is 53.1 Å². The van der Waals surface area contributed by atoms with E-state index < -0.39 is 14.9 Å². The quantitative estimate of drug-likeness (QED) is 0.189. The lowest BCUT2D eigenvalue weighted by Gasteiger charge is -2.37. The summed E-state index contributed by atoms with van der Waals surface area (Å²) in [5, 5.41) is 16.4. The number of rotatable bonds is 5. The van der Waals surface area contributed by atoms with Crippen molar-refractivity contribution in [1.82, 2.24) is 0 Å². The Hall–Kier alpha value is -4.17. The van der Waals surface area contributed by atoms with E-state index in [-0.39, 0.29) is 28.5 Å². The number of non-ortho nitro benzene ring substituents is 1. The van der Waals surface area contributed by atoms with Gasteiger partial charge in [-0.3, -0.25) is 14.8 Å². The van der Waals surface area contributed by atoms with E-state index in [2.05, 4.69) is 22.2 Å². The average molecular weight is 498 g/mol. The highest BCUT2D eigenvalue weighted by atomic mass is 32.2. The zero-order valence-corrected chi connectivity index (χ0v) is 20.0. The summed E-state index contributed by atoms with van der Waals surface area (Å²) in [5.41, 5.74) is 3.38. The van der Waals surface area contributed by atoms with E-state index in [1.165, 1.54) is 12.1 Å². The van der Waals surface area contributed by atoms with Gasteiger partial charge in [0.15, 0.2) is 0 Å². The van der Waals surface area contributed by atoms with Gasteiger partial charge in [-0.25, -0.2) is 8.42 Å². The fraction of sp³-hybridized carbons (Fsp3) is 0.143. The molecule has 1 aliphatic carbocycles. The summed E-state index contributed by atoms with van der Waals surface area (Å²) >= 11 is 0. The molecule has 36 heavy (non-hydrogen) atoms. The second-order valence-corrected chi connectivity index (χ2v) is 10.9. The number of hydrogen-bond donors (Lipinski definition) is 2. The predicted molar refractivity (Wildman–Crippen MR) is 141 cm³/mol. The van der Waals surface area contributed by atoms with Crippen molar-refractivity contribution in [3.05, 3.63) is 118 Å². The molecule has 4 aromatic rings. The maximum absolute atomic E-state index is 13.4. The first-order valence-corrected chi connectivity index (χ1v) is 13.2. The van der Waals surface area contributed by atoms with Crippen LogP contribution in [0.25, 0.3) is 10.8 Å². The van der Waals surface area contributed by atoms with Gasteiger partial charge >= 0.3 is 0 Å². The topological polar surface area (TPSA) is 101 Å². The number of nitro benzene ring substituents is 1. The zero-order chi connectivity index (χ0) is 24.9. The smallest absolute Gasteiger partial charge is 0.269 e. The Kier molecular flexibility index (Phi) is 5.26. The first-order chi connectivity index (χ1) is 17.4.